The molecular formula is C2H2O4Si. The van der Waals surface area contributed by atoms with Crippen LogP contribution in [0.5, 0.6) is 0 Å². The Morgan fingerprint density at radius 3 is 2.29 bits per heavy atom. The Bertz CT molecular complexity index is 118. The van der Waals surface area contributed by atoms with Crippen LogP contribution in [0, 0.1) is 0 Å². The van der Waals surface area contributed by atoms with E-state index in [1.165, 1.54) is 0 Å². The number of hydrogen-bond acceptors (Lipinski definition) is 4. The second-order valence-corrected chi connectivity index (χ2v) is 2.33. The SMILES string of the molecule is O=[Si]1OC2(CO2)O1. The highest BCUT2D eigenvalue weighted by molar-refractivity contribution is 6.29. The van der Waals surface area contributed by atoms with E-state index in [2.05, 4.69) is 13.6 Å². The zero-order chi connectivity index (χ0) is 4.91. The van der Waals surface area contributed by atoms with E-state index in [1.54, 1.807) is 0 Å². The first-order chi connectivity index (χ1) is 3.31. The lowest BCUT2D eigenvalue weighted by Gasteiger charge is -2.20. The maximum atomic E-state index is 10.0. The van der Waals surface area contributed by atoms with Gasteiger partial charge >= 0.3 is 15.1 Å². The summed E-state index contributed by atoms with van der Waals surface area (Å²) in [5, 5.41) is 0. The smallest absolute Gasteiger partial charge is 0.434 e. The molecule has 0 radical (unpaired) electrons. The summed E-state index contributed by atoms with van der Waals surface area (Å²) in [5.74, 6) is -0.823. The molecule has 0 amide bonds. The summed E-state index contributed by atoms with van der Waals surface area (Å²) in [7, 11) is -2.11. The van der Waals surface area contributed by atoms with Crippen molar-refractivity contribution in [2.45, 2.75) is 5.97 Å². The molecular weight excluding hydrogens is 116 g/mol. The molecule has 7 heavy (non-hydrogen) atoms. The van der Waals surface area contributed by atoms with Crippen LogP contribution in [0.3, 0.4) is 0 Å². The number of rotatable bonds is 0. The number of epoxide rings is 1. The topological polar surface area (TPSA) is 48.1 Å². The highest BCUT2D eigenvalue weighted by atomic mass is 28.3. The summed E-state index contributed by atoms with van der Waals surface area (Å²) < 4.78 is 23.7. The Labute approximate surface area is 40.9 Å². The Morgan fingerprint density at radius 1 is 1.57 bits per heavy atom. The lowest BCUT2D eigenvalue weighted by molar-refractivity contribution is -0.212. The zero-order valence-electron chi connectivity index (χ0n) is 3.34. The summed E-state index contributed by atoms with van der Waals surface area (Å²) in [6, 6.07) is 0. The van der Waals surface area contributed by atoms with Crippen molar-refractivity contribution in [2.24, 2.45) is 0 Å². The maximum Gasteiger partial charge on any atom is 0.776 e. The maximum absolute atomic E-state index is 10.0. The van der Waals surface area contributed by atoms with Gasteiger partial charge in [0.2, 0.25) is 0 Å². The van der Waals surface area contributed by atoms with Crippen molar-refractivity contribution in [1.29, 1.82) is 0 Å². The van der Waals surface area contributed by atoms with Crippen LogP contribution in [0.1, 0.15) is 0 Å². The average Bonchev–Trinajstić information content (AvgIpc) is 2.14. The van der Waals surface area contributed by atoms with E-state index >= 15 is 0 Å². The first-order valence-electron chi connectivity index (χ1n) is 1.87. The van der Waals surface area contributed by atoms with E-state index in [0.717, 1.165) is 0 Å². The normalized spacial score (nSPS) is 30.6. The highest BCUT2D eigenvalue weighted by Gasteiger charge is 2.63. The molecule has 0 unspecified atom stereocenters. The van der Waals surface area contributed by atoms with Crippen molar-refractivity contribution in [3.05, 3.63) is 0 Å². The molecule has 1 spiro atoms. The van der Waals surface area contributed by atoms with Gasteiger partial charge in [-0.1, -0.05) is 0 Å². The molecule has 0 aliphatic carbocycles. The van der Waals surface area contributed by atoms with Crippen LogP contribution >= 0.6 is 0 Å². The molecule has 0 bridgehead atoms. The molecule has 0 saturated carbocycles. The van der Waals surface area contributed by atoms with E-state index in [0.29, 0.717) is 6.61 Å². The van der Waals surface area contributed by atoms with Gasteiger partial charge in [0.15, 0.2) is 6.61 Å². The second-order valence-electron chi connectivity index (χ2n) is 1.43. The summed E-state index contributed by atoms with van der Waals surface area (Å²) in [6.45, 7) is 0.434. The summed E-state index contributed by atoms with van der Waals surface area (Å²) in [4.78, 5) is 0. The monoisotopic (exact) mass is 118 g/mol. The number of hydrogen-bond donors (Lipinski definition) is 0. The third kappa shape index (κ3) is 0.336. The van der Waals surface area contributed by atoms with Crippen molar-refractivity contribution in [2.75, 3.05) is 6.61 Å². The van der Waals surface area contributed by atoms with E-state index < -0.39 is 15.1 Å². The molecule has 2 fully saturated rings. The third-order valence-electron chi connectivity index (χ3n) is 0.858. The van der Waals surface area contributed by atoms with E-state index in [9.17, 15) is 4.46 Å². The van der Waals surface area contributed by atoms with Crippen LogP contribution in [0.2, 0.25) is 0 Å². The minimum Gasteiger partial charge on any atom is -0.434 e. The average molecular weight is 118 g/mol. The fraction of sp³-hybridized carbons (Fsp3) is 1.00. The van der Waals surface area contributed by atoms with Crippen LogP contribution in [0.25, 0.3) is 0 Å². The lowest BCUT2D eigenvalue weighted by Crippen LogP contribution is -2.42. The van der Waals surface area contributed by atoms with Crippen LogP contribution in [0.4, 0.5) is 0 Å². The second kappa shape index (κ2) is 0.739. The van der Waals surface area contributed by atoms with Gasteiger partial charge < -0.3 is 8.85 Å². The Balaban J connectivity index is 2.09. The Kier molecular flexibility index (Phi) is 0.376. The first-order valence-corrected chi connectivity index (χ1v) is 3.09. The van der Waals surface area contributed by atoms with Gasteiger partial charge in [-0.25, -0.2) is 0 Å². The van der Waals surface area contributed by atoms with Crippen molar-refractivity contribution < 1.29 is 18.1 Å². The fourth-order valence-electron chi connectivity index (χ4n) is 0.438. The Hall–Kier alpha value is -0.423. The summed E-state index contributed by atoms with van der Waals surface area (Å²) in [6.07, 6.45) is 0. The quantitative estimate of drug-likeness (QED) is 0.306. The summed E-state index contributed by atoms with van der Waals surface area (Å²) in [5.41, 5.74) is 0. The molecule has 2 aliphatic rings. The minimum atomic E-state index is -2.11. The predicted molar refractivity (Wildman–Crippen MR) is 17.3 cm³/mol. The van der Waals surface area contributed by atoms with Crippen molar-refractivity contribution >= 4 is 9.17 Å². The number of ether oxygens (including phenoxy) is 1. The van der Waals surface area contributed by atoms with Gasteiger partial charge in [0.1, 0.15) is 0 Å². The Morgan fingerprint density at radius 2 is 2.14 bits per heavy atom. The predicted octanol–water partition coefficient (Wildman–Crippen LogP) is -0.867. The first kappa shape index (κ1) is 3.56. The van der Waals surface area contributed by atoms with Crippen LogP contribution < -0.4 is 0 Å². The minimum absolute atomic E-state index is 0.434. The van der Waals surface area contributed by atoms with E-state index in [1.807, 2.05) is 0 Å². The van der Waals surface area contributed by atoms with Crippen LogP contribution in [-0.2, 0) is 18.1 Å². The molecule has 0 aromatic carbocycles. The summed E-state index contributed by atoms with van der Waals surface area (Å²) >= 11 is 0. The third-order valence-corrected chi connectivity index (χ3v) is 1.81. The van der Waals surface area contributed by atoms with Gasteiger partial charge in [-0.15, -0.1) is 0 Å². The molecule has 0 aromatic rings. The molecule has 4 nitrogen and oxygen atoms in total. The molecule has 0 aromatic heterocycles. The van der Waals surface area contributed by atoms with Crippen LogP contribution in [0.15, 0.2) is 0 Å². The molecule has 38 valence electrons. The highest BCUT2D eigenvalue weighted by Crippen LogP contribution is 2.36. The molecule has 5 heteroatoms. The molecule has 2 aliphatic heterocycles. The van der Waals surface area contributed by atoms with Crippen molar-refractivity contribution in [1.82, 2.24) is 0 Å². The molecule has 0 atom stereocenters. The van der Waals surface area contributed by atoms with Crippen molar-refractivity contribution in [3.63, 3.8) is 0 Å². The standard InChI is InChI=1S/C2H2O4Si/c3-7-5-2(6-7)1-4-2/h1H2. The van der Waals surface area contributed by atoms with E-state index in [-0.39, 0.29) is 0 Å². The van der Waals surface area contributed by atoms with Gasteiger partial charge in [-0.2, -0.15) is 0 Å². The zero-order valence-corrected chi connectivity index (χ0v) is 4.34. The van der Waals surface area contributed by atoms with Crippen molar-refractivity contribution in [3.8, 4) is 0 Å². The van der Waals surface area contributed by atoms with Gasteiger partial charge in [-0.3, -0.25) is 9.20 Å². The van der Waals surface area contributed by atoms with Crippen LogP contribution in [-0.4, -0.2) is 21.8 Å². The largest absolute Gasteiger partial charge is 0.776 e. The fourth-order valence-corrected chi connectivity index (χ4v) is 1.20. The molecule has 2 rings (SSSR count). The lowest BCUT2D eigenvalue weighted by atomic mass is 10.8. The molecule has 2 saturated heterocycles. The van der Waals surface area contributed by atoms with Gasteiger partial charge in [-0.05, 0) is 0 Å². The van der Waals surface area contributed by atoms with Gasteiger partial charge in [0.05, 0.1) is 0 Å². The molecule has 2 heterocycles. The molecule has 0 N–H and O–H groups in total. The van der Waals surface area contributed by atoms with Gasteiger partial charge in [0.25, 0.3) is 0 Å². The van der Waals surface area contributed by atoms with E-state index in [4.69, 9.17) is 0 Å². The van der Waals surface area contributed by atoms with Gasteiger partial charge in [0, 0.05) is 0 Å².